The number of rotatable bonds is 3. The lowest BCUT2D eigenvalue weighted by atomic mass is 10.2. The molecule has 2 unspecified atom stereocenters. The van der Waals surface area contributed by atoms with Crippen LogP contribution in [0.1, 0.15) is 6.92 Å². The van der Waals surface area contributed by atoms with Gasteiger partial charge in [0.25, 0.3) is 0 Å². The molecular formula is C8H6F11NO. The number of alkyl halides is 11. The van der Waals surface area contributed by atoms with Gasteiger partial charge in [0.05, 0.1) is 0 Å². The fraction of sp³-hybridized carbons (Fsp3) is 1.00. The average molecular weight is 341 g/mol. The molecule has 0 aliphatic carbocycles. The number of aliphatic hydroxyl groups excluding tert-OH is 1. The van der Waals surface area contributed by atoms with Crippen molar-refractivity contribution in [3.8, 4) is 0 Å². The van der Waals surface area contributed by atoms with Crippen molar-refractivity contribution in [1.29, 1.82) is 0 Å². The molecule has 1 saturated heterocycles. The molecule has 0 saturated carbocycles. The molecule has 1 aliphatic heterocycles. The minimum Gasteiger partial charge on any atom is -0.387 e. The zero-order chi connectivity index (χ0) is 17.2. The summed E-state index contributed by atoms with van der Waals surface area (Å²) in [5.41, 5.74) is 0. The summed E-state index contributed by atoms with van der Waals surface area (Å²) in [5.74, 6) is -19.1. The number of aliphatic hydroxyl groups is 1. The molecule has 1 N–H and O–H groups in total. The van der Waals surface area contributed by atoms with E-state index in [1.54, 1.807) is 0 Å². The lowest BCUT2D eigenvalue weighted by Gasteiger charge is -2.35. The SMILES string of the molecule is CC(O)C(F)(F)C(F)N1C(F)(F)C(F)(F)C(F)(F)C1(F)F. The summed E-state index contributed by atoms with van der Waals surface area (Å²) in [4.78, 5) is -2.91. The van der Waals surface area contributed by atoms with Gasteiger partial charge >= 0.3 is 29.9 Å². The predicted molar refractivity (Wildman–Crippen MR) is 43.2 cm³/mol. The second-order valence-corrected chi connectivity index (χ2v) is 4.29. The third-order valence-electron chi connectivity index (χ3n) is 2.86. The quantitative estimate of drug-likeness (QED) is 0.630. The third-order valence-corrected chi connectivity index (χ3v) is 2.86. The molecule has 0 aromatic rings. The Labute approximate surface area is 109 Å². The van der Waals surface area contributed by atoms with Crippen LogP contribution >= 0.6 is 0 Å². The van der Waals surface area contributed by atoms with Crippen LogP contribution in [0.4, 0.5) is 48.3 Å². The van der Waals surface area contributed by atoms with Crippen LogP contribution in [0.5, 0.6) is 0 Å². The minimum absolute atomic E-state index is 0.0647. The molecule has 0 aromatic carbocycles. The maximum absolute atomic E-state index is 13.2. The maximum Gasteiger partial charge on any atom is 0.394 e. The smallest absolute Gasteiger partial charge is 0.387 e. The van der Waals surface area contributed by atoms with E-state index in [9.17, 15) is 48.3 Å². The molecule has 1 rings (SSSR count). The van der Waals surface area contributed by atoms with Crippen LogP contribution in [0.15, 0.2) is 0 Å². The van der Waals surface area contributed by atoms with E-state index < -0.39 is 47.2 Å². The largest absolute Gasteiger partial charge is 0.394 e. The first-order valence-corrected chi connectivity index (χ1v) is 4.98. The number of hydrogen-bond acceptors (Lipinski definition) is 2. The molecule has 2 atom stereocenters. The molecule has 1 aliphatic rings. The van der Waals surface area contributed by atoms with E-state index in [-0.39, 0.29) is 6.92 Å². The number of likely N-dealkylation sites (tertiary alicyclic amines) is 1. The summed E-state index contributed by atoms with van der Waals surface area (Å²) >= 11 is 0. The first kappa shape index (κ1) is 18.2. The predicted octanol–water partition coefficient (Wildman–Crippen LogP) is 3.07. The van der Waals surface area contributed by atoms with Gasteiger partial charge in [-0.2, -0.15) is 43.9 Å². The fourth-order valence-corrected chi connectivity index (χ4v) is 1.51. The van der Waals surface area contributed by atoms with Crippen molar-refractivity contribution in [3.63, 3.8) is 0 Å². The molecule has 0 bridgehead atoms. The Bertz CT molecular complexity index is 394. The standard InChI is InChI=1S/C8H6F11NO/c1-2(21)4(10,11)3(9)20-7(16,17)5(12,13)6(14,15)8(20,18)19/h2-3,21H,1H3. The Kier molecular flexibility index (Phi) is 3.76. The van der Waals surface area contributed by atoms with Crippen molar-refractivity contribution in [2.24, 2.45) is 0 Å². The summed E-state index contributed by atoms with van der Waals surface area (Å²) in [5, 5.41) is 8.43. The Balaban J connectivity index is 3.49. The molecular weight excluding hydrogens is 335 g/mol. The molecule has 1 fully saturated rings. The first-order chi connectivity index (χ1) is 8.97. The zero-order valence-corrected chi connectivity index (χ0v) is 9.71. The molecule has 13 heteroatoms. The van der Waals surface area contributed by atoms with Crippen molar-refractivity contribution >= 4 is 0 Å². The summed E-state index contributed by atoms with van der Waals surface area (Å²) < 4.78 is 142. The number of hydrogen-bond donors (Lipinski definition) is 1. The highest BCUT2D eigenvalue weighted by atomic mass is 19.4. The Morgan fingerprint density at radius 3 is 1.38 bits per heavy atom. The second kappa shape index (κ2) is 4.33. The van der Waals surface area contributed by atoms with Gasteiger partial charge in [-0.25, -0.2) is 4.39 Å². The molecule has 0 spiro atoms. The molecule has 0 amide bonds. The van der Waals surface area contributed by atoms with E-state index in [4.69, 9.17) is 5.11 Å². The monoisotopic (exact) mass is 341 g/mol. The highest BCUT2D eigenvalue weighted by molar-refractivity contribution is 5.13. The van der Waals surface area contributed by atoms with Gasteiger partial charge < -0.3 is 5.11 Å². The second-order valence-electron chi connectivity index (χ2n) is 4.29. The molecule has 0 aromatic heterocycles. The van der Waals surface area contributed by atoms with E-state index in [0.717, 1.165) is 0 Å². The van der Waals surface area contributed by atoms with Crippen LogP contribution < -0.4 is 0 Å². The van der Waals surface area contributed by atoms with Crippen LogP contribution in [0, 0.1) is 0 Å². The highest BCUT2D eigenvalue weighted by Crippen LogP contribution is 2.64. The molecule has 21 heavy (non-hydrogen) atoms. The average Bonchev–Trinajstić information content (AvgIpc) is 2.32. The molecule has 126 valence electrons. The Morgan fingerprint density at radius 2 is 1.14 bits per heavy atom. The van der Waals surface area contributed by atoms with Crippen LogP contribution in [0.3, 0.4) is 0 Å². The van der Waals surface area contributed by atoms with Gasteiger partial charge in [-0.3, -0.25) is 0 Å². The molecule has 0 radical (unpaired) electrons. The van der Waals surface area contributed by atoms with Crippen molar-refractivity contribution in [1.82, 2.24) is 4.90 Å². The first-order valence-electron chi connectivity index (χ1n) is 4.98. The summed E-state index contributed by atoms with van der Waals surface area (Å²) in [6.45, 7) is 0.0647. The normalized spacial score (nSPS) is 30.1. The summed E-state index contributed by atoms with van der Waals surface area (Å²) in [6, 6.07) is -13.3. The van der Waals surface area contributed by atoms with E-state index in [0.29, 0.717) is 0 Å². The van der Waals surface area contributed by atoms with Crippen LogP contribution in [-0.2, 0) is 0 Å². The van der Waals surface area contributed by atoms with Gasteiger partial charge in [-0.1, -0.05) is 0 Å². The van der Waals surface area contributed by atoms with Crippen molar-refractivity contribution < 1.29 is 53.4 Å². The van der Waals surface area contributed by atoms with Gasteiger partial charge in [-0.15, -0.1) is 4.90 Å². The highest BCUT2D eigenvalue weighted by Gasteiger charge is 2.94. The molecule has 1 heterocycles. The summed E-state index contributed by atoms with van der Waals surface area (Å²) in [6.07, 6.45) is -8.19. The van der Waals surface area contributed by atoms with Crippen LogP contribution in [0.2, 0.25) is 0 Å². The zero-order valence-electron chi connectivity index (χ0n) is 9.71. The number of nitrogens with zero attached hydrogens (tertiary/aromatic N) is 1. The van der Waals surface area contributed by atoms with Gasteiger partial charge in [0, 0.05) is 0 Å². The van der Waals surface area contributed by atoms with Gasteiger partial charge in [0.15, 0.2) is 0 Å². The van der Waals surface area contributed by atoms with E-state index in [1.165, 1.54) is 0 Å². The van der Waals surface area contributed by atoms with Crippen LogP contribution in [0.25, 0.3) is 0 Å². The lowest BCUT2D eigenvalue weighted by Crippen LogP contribution is -2.61. The van der Waals surface area contributed by atoms with E-state index in [1.807, 2.05) is 0 Å². The minimum atomic E-state index is -6.82. The van der Waals surface area contributed by atoms with Gasteiger partial charge in [0.1, 0.15) is 6.10 Å². The fourth-order valence-electron chi connectivity index (χ4n) is 1.51. The lowest BCUT2D eigenvalue weighted by molar-refractivity contribution is -0.338. The summed E-state index contributed by atoms with van der Waals surface area (Å²) in [7, 11) is 0. The van der Waals surface area contributed by atoms with E-state index >= 15 is 0 Å². The number of halogens is 11. The van der Waals surface area contributed by atoms with E-state index in [2.05, 4.69) is 0 Å². The Morgan fingerprint density at radius 1 is 0.857 bits per heavy atom. The van der Waals surface area contributed by atoms with Gasteiger partial charge in [0.2, 0.25) is 6.30 Å². The van der Waals surface area contributed by atoms with Gasteiger partial charge in [-0.05, 0) is 6.92 Å². The maximum atomic E-state index is 13.2. The topological polar surface area (TPSA) is 23.5 Å². The van der Waals surface area contributed by atoms with Crippen molar-refractivity contribution in [2.75, 3.05) is 0 Å². The third kappa shape index (κ3) is 1.92. The van der Waals surface area contributed by atoms with Crippen molar-refractivity contribution in [3.05, 3.63) is 0 Å². The van der Waals surface area contributed by atoms with Crippen molar-refractivity contribution in [2.45, 2.75) is 49.2 Å². The molecule has 2 nitrogen and oxygen atoms in total. The Hall–Kier alpha value is -0.850. The van der Waals surface area contributed by atoms with Crippen LogP contribution in [-0.4, -0.2) is 52.3 Å².